The molecule has 0 fully saturated rings. The van der Waals surface area contributed by atoms with Crippen molar-refractivity contribution >= 4 is 22.7 Å². The number of nitrogens with zero attached hydrogens (tertiary/aromatic N) is 3. The molecule has 1 atom stereocenters. The van der Waals surface area contributed by atoms with Crippen molar-refractivity contribution in [3.05, 3.63) is 50.9 Å². The highest BCUT2D eigenvalue weighted by molar-refractivity contribution is 7.99. The van der Waals surface area contributed by atoms with Gasteiger partial charge in [0.15, 0.2) is 5.16 Å². The molecule has 0 amide bonds. The molecule has 8 heteroatoms. The summed E-state index contributed by atoms with van der Waals surface area (Å²) >= 11 is 1.39. The molecule has 2 heterocycles. The lowest BCUT2D eigenvalue weighted by atomic mass is 10.2. The maximum atomic E-state index is 12.1. The van der Waals surface area contributed by atoms with Crippen LogP contribution in [0.1, 0.15) is 31.3 Å². The molecule has 0 radical (unpaired) electrons. The van der Waals surface area contributed by atoms with Crippen LogP contribution in [0.5, 0.6) is 0 Å². The van der Waals surface area contributed by atoms with Gasteiger partial charge in [-0.15, -0.1) is 5.10 Å². The number of thioether (sulfide) groups is 1. The van der Waals surface area contributed by atoms with Gasteiger partial charge < -0.3 is 4.98 Å². The van der Waals surface area contributed by atoms with Crippen molar-refractivity contribution in [3.8, 4) is 0 Å². The fourth-order valence-electron chi connectivity index (χ4n) is 2.32. The van der Waals surface area contributed by atoms with Crippen LogP contribution >= 0.6 is 11.8 Å². The van der Waals surface area contributed by atoms with E-state index in [0.717, 1.165) is 6.42 Å². The number of aromatic nitrogens is 5. The fraction of sp³-hybridized carbons (Fsp3) is 0.333. The highest BCUT2D eigenvalue weighted by Gasteiger charge is 2.16. The van der Waals surface area contributed by atoms with Gasteiger partial charge in [-0.3, -0.25) is 9.36 Å². The van der Waals surface area contributed by atoms with Crippen LogP contribution in [0.4, 0.5) is 0 Å². The van der Waals surface area contributed by atoms with Gasteiger partial charge in [0.05, 0.1) is 16.2 Å². The van der Waals surface area contributed by atoms with Gasteiger partial charge in [-0.05, 0) is 25.5 Å². The second-order valence-corrected chi connectivity index (χ2v) is 6.50. The first-order chi connectivity index (χ1) is 11.1. The zero-order valence-corrected chi connectivity index (χ0v) is 13.7. The predicted octanol–water partition coefficient (Wildman–Crippen LogP) is 2.07. The summed E-state index contributed by atoms with van der Waals surface area (Å²) in [5.41, 5.74) is 0.277. The van der Waals surface area contributed by atoms with Crippen LogP contribution in [-0.2, 0) is 6.54 Å². The standard InChI is InChI=1S/C15H17N5O2S/c1-3-8-20-14(22)18-19-15(20)23-9(2)12-16-11-7-5-4-6-10(11)13(21)17-12/h4-7,9H,3,8H2,1-2H3,(H,18,22)(H,16,17,21)/t9-/m0/s1. The van der Waals surface area contributed by atoms with Gasteiger partial charge in [-0.25, -0.2) is 14.9 Å². The molecule has 0 saturated heterocycles. The highest BCUT2D eigenvalue weighted by Crippen LogP contribution is 2.31. The van der Waals surface area contributed by atoms with Crippen molar-refractivity contribution in [1.82, 2.24) is 24.7 Å². The summed E-state index contributed by atoms with van der Waals surface area (Å²) < 4.78 is 1.60. The summed E-state index contributed by atoms with van der Waals surface area (Å²) in [4.78, 5) is 31.2. The zero-order chi connectivity index (χ0) is 16.4. The molecular weight excluding hydrogens is 314 g/mol. The molecular formula is C15H17N5O2S. The van der Waals surface area contributed by atoms with Crippen LogP contribution in [0.2, 0.25) is 0 Å². The van der Waals surface area contributed by atoms with E-state index in [2.05, 4.69) is 20.2 Å². The smallest absolute Gasteiger partial charge is 0.309 e. The minimum absolute atomic E-state index is 0.141. The molecule has 0 aliphatic rings. The van der Waals surface area contributed by atoms with Crippen LogP contribution < -0.4 is 11.2 Å². The molecule has 0 bridgehead atoms. The molecule has 0 aliphatic carbocycles. The van der Waals surface area contributed by atoms with Gasteiger partial charge in [-0.2, -0.15) is 0 Å². The summed E-state index contributed by atoms with van der Waals surface area (Å²) in [6, 6.07) is 7.22. The van der Waals surface area contributed by atoms with Crippen LogP contribution in [0.25, 0.3) is 10.9 Å². The van der Waals surface area contributed by atoms with Crippen molar-refractivity contribution < 1.29 is 0 Å². The molecule has 3 aromatic rings. The van der Waals surface area contributed by atoms with Gasteiger partial charge in [-0.1, -0.05) is 30.8 Å². The van der Waals surface area contributed by atoms with Gasteiger partial charge in [0.25, 0.3) is 5.56 Å². The molecule has 23 heavy (non-hydrogen) atoms. The van der Waals surface area contributed by atoms with E-state index in [9.17, 15) is 9.59 Å². The van der Waals surface area contributed by atoms with E-state index >= 15 is 0 Å². The third-order valence-corrected chi connectivity index (χ3v) is 4.57. The molecule has 0 spiro atoms. The topological polar surface area (TPSA) is 96.4 Å². The normalized spacial score (nSPS) is 12.6. The molecule has 120 valence electrons. The maximum Gasteiger partial charge on any atom is 0.343 e. The average molecular weight is 331 g/mol. The number of hydrogen-bond donors (Lipinski definition) is 2. The Morgan fingerprint density at radius 1 is 1.30 bits per heavy atom. The first kappa shape index (κ1) is 15.5. The monoisotopic (exact) mass is 331 g/mol. The summed E-state index contributed by atoms with van der Waals surface area (Å²) in [6.07, 6.45) is 0.840. The molecule has 1 aromatic carbocycles. The Morgan fingerprint density at radius 3 is 2.87 bits per heavy atom. The second-order valence-electron chi connectivity index (χ2n) is 5.19. The van der Waals surface area contributed by atoms with Gasteiger partial charge in [0.1, 0.15) is 5.82 Å². The lowest BCUT2D eigenvalue weighted by molar-refractivity contribution is 0.602. The minimum atomic E-state index is -0.221. The summed E-state index contributed by atoms with van der Waals surface area (Å²) in [5.74, 6) is 0.567. The predicted molar refractivity (Wildman–Crippen MR) is 89.8 cm³/mol. The summed E-state index contributed by atoms with van der Waals surface area (Å²) in [6.45, 7) is 4.53. The number of H-pyrrole nitrogens is 2. The average Bonchev–Trinajstić information content (AvgIpc) is 2.88. The summed E-state index contributed by atoms with van der Waals surface area (Å²) in [7, 11) is 0. The van der Waals surface area contributed by atoms with Crippen LogP contribution in [0, 0.1) is 0 Å². The third kappa shape index (κ3) is 3.07. The lowest BCUT2D eigenvalue weighted by Gasteiger charge is -2.11. The Balaban J connectivity index is 1.93. The van der Waals surface area contributed by atoms with Crippen LogP contribution in [0.3, 0.4) is 0 Å². The number of aromatic amines is 2. The Labute approximate surface area is 136 Å². The Bertz CT molecular complexity index is 943. The Hall–Kier alpha value is -2.35. The summed E-state index contributed by atoms with van der Waals surface area (Å²) in [5, 5.41) is 7.54. The molecule has 7 nitrogen and oxygen atoms in total. The zero-order valence-electron chi connectivity index (χ0n) is 12.9. The van der Waals surface area contributed by atoms with Gasteiger partial charge >= 0.3 is 5.69 Å². The van der Waals surface area contributed by atoms with Crippen molar-refractivity contribution in [3.63, 3.8) is 0 Å². The van der Waals surface area contributed by atoms with E-state index < -0.39 is 0 Å². The van der Waals surface area contributed by atoms with E-state index in [1.165, 1.54) is 11.8 Å². The molecule has 2 N–H and O–H groups in total. The molecule has 0 aliphatic heterocycles. The number of nitrogens with one attached hydrogen (secondary N) is 2. The highest BCUT2D eigenvalue weighted by atomic mass is 32.2. The van der Waals surface area contributed by atoms with E-state index in [0.29, 0.717) is 28.4 Å². The van der Waals surface area contributed by atoms with Crippen LogP contribution in [-0.4, -0.2) is 24.7 Å². The molecule has 3 rings (SSSR count). The number of benzene rings is 1. The first-order valence-corrected chi connectivity index (χ1v) is 8.29. The number of para-hydroxylation sites is 1. The number of rotatable bonds is 5. The van der Waals surface area contributed by atoms with Crippen molar-refractivity contribution in [2.45, 2.75) is 37.2 Å². The Morgan fingerprint density at radius 2 is 2.09 bits per heavy atom. The van der Waals surface area contributed by atoms with E-state index in [-0.39, 0.29) is 16.5 Å². The fourth-order valence-corrected chi connectivity index (χ4v) is 3.26. The maximum absolute atomic E-state index is 12.1. The third-order valence-electron chi connectivity index (χ3n) is 3.47. The SMILES string of the molecule is CCCn1c(S[C@@H](C)c2nc3ccccc3c(=O)[nH]2)n[nH]c1=O. The van der Waals surface area contributed by atoms with Gasteiger partial charge in [0.2, 0.25) is 0 Å². The largest absolute Gasteiger partial charge is 0.343 e. The quantitative estimate of drug-likeness (QED) is 0.698. The van der Waals surface area contributed by atoms with Crippen molar-refractivity contribution in [2.24, 2.45) is 0 Å². The Kier molecular flexibility index (Phi) is 4.33. The minimum Gasteiger partial charge on any atom is -0.309 e. The van der Waals surface area contributed by atoms with Crippen molar-refractivity contribution in [1.29, 1.82) is 0 Å². The van der Waals surface area contributed by atoms with E-state index in [4.69, 9.17) is 0 Å². The number of hydrogen-bond acceptors (Lipinski definition) is 5. The van der Waals surface area contributed by atoms with E-state index in [1.54, 1.807) is 10.6 Å². The first-order valence-electron chi connectivity index (χ1n) is 7.41. The lowest BCUT2D eigenvalue weighted by Crippen LogP contribution is -2.17. The molecule has 0 saturated carbocycles. The van der Waals surface area contributed by atoms with Crippen LogP contribution in [0.15, 0.2) is 39.0 Å². The second kappa shape index (κ2) is 6.41. The van der Waals surface area contributed by atoms with Gasteiger partial charge in [0, 0.05) is 6.54 Å². The molecule has 2 aromatic heterocycles. The van der Waals surface area contributed by atoms with E-state index in [1.807, 2.05) is 32.0 Å². The number of fused-ring (bicyclic) bond motifs is 1. The van der Waals surface area contributed by atoms with Crippen molar-refractivity contribution in [2.75, 3.05) is 0 Å². The molecule has 0 unspecified atom stereocenters.